The molecule has 0 spiro atoms. The highest BCUT2D eigenvalue weighted by atomic mass is 35.5. The van der Waals surface area contributed by atoms with Gasteiger partial charge in [0.15, 0.2) is 0 Å². The number of sulfonamides is 1. The van der Waals surface area contributed by atoms with Crippen LogP contribution in [0.5, 0.6) is 0 Å². The number of halogens is 1. The average Bonchev–Trinajstić information content (AvgIpc) is 3.15. The Kier molecular flexibility index (Phi) is 5.31. The lowest BCUT2D eigenvalue weighted by atomic mass is 10.0. The van der Waals surface area contributed by atoms with Gasteiger partial charge in [-0.05, 0) is 29.8 Å². The van der Waals surface area contributed by atoms with Crippen LogP contribution in [0.2, 0.25) is 5.02 Å². The van der Waals surface area contributed by atoms with Crippen molar-refractivity contribution in [2.24, 2.45) is 0 Å². The van der Waals surface area contributed by atoms with Gasteiger partial charge in [-0.25, -0.2) is 12.7 Å². The van der Waals surface area contributed by atoms with Crippen molar-refractivity contribution < 1.29 is 8.42 Å². The minimum Gasteiger partial charge on any atom is -0.374 e. The zero-order chi connectivity index (χ0) is 18.7. The van der Waals surface area contributed by atoms with E-state index in [0.717, 1.165) is 11.1 Å². The molecular formula is C18H19ClN4O2S. The first kappa shape index (κ1) is 18.4. The number of nitrogens with zero attached hydrogens (tertiary/aromatic N) is 2. The van der Waals surface area contributed by atoms with Crippen molar-refractivity contribution in [1.82, 2.24) is 14.5 Å². The molecule has 2 N–H and O–H groups in total. The van der Waals surface area contributed by atoms with Crippen LogP contribution in [0.15, 0.2) is 65.8 Å². The summed E-state index contributed by atoms with van der Waals surface area (Å²) >= 11 is 6.37. The minimum atomic E-state index is -3.51. The van der Waals surface area contributed by atoms with Gasteiger partial charge in [-0.1, -0.05) is 35.9 Å². The van der Waals surface area contributed by atoms with Crippen LogP contribution >= 0.6 is 11.6 Å². The number of hydrogen-bond donors (Lipinski definition) is 2. The summed E-state index contributed by atoms with van der Waals surface area (Å²) in [6, 6.07) is 13.9. The quantitative estimate of drug-likeness (QED) is 0.675. The van der Waals surface area contributed by atoms with Crippen LogP contribution in [-0.2, 0) is 10.0 Å². The van der Waals surface area contributed by atoms with E-state index in [4.69, 9.17) is 11.6 Å². The van der Waals surface area contributed by atoms with E-state index < -0.39 is 10.0 Å². The third kappa shape index (κ3) is 3.75. The Morgan fingerprint density at radius 3 is 2.58 bits per heavy atom. The summed E-state index contributed by atoms with van der Waals surface area (Å²) in [6.07, 6.45) is 3.49. The fourth-order valence-electron chi connectivity index (χ4n) is 2.59. The van der Waals surface area contributed by atoms with Crippen molar-refractivity contribution >= 4 is 27.3 Å². The maximum absolute atomic E-state index is 12.4. The molecule has 0 fully saturated rings. The van der Waals surface area contributed by atoms with Gasteiger partial charge in [0.1, 0.15) is 0 Å². The van der Waals surface area contributed by atoms with Gasteiger partial charge in [0, 0.05) is 36.6 Å². The van der Waals surface area contributed by atoms with Crippen LogP contribution < -0.4 is 5.32 Å². The standard InChI is InChI=1S/C18H19ClN4O2S/c1-23(2)26(24,25)15-7-5-6-14(10-15)22-18(13-11-20-21-12-13)16-8-3-4-9-17(16)19/h3-12,18,22H,1-2H3,(H,20,21). The summed E-state index contributed by atoms with van der Waals surface area (Å²) < 4.78 is 26.0. The van der Waals surface area contributed by atoms with Gasteiger partial charge in [-0.15, -0.1) is 0 Å². The Labute approximate surface area is 157 Å². The minimum absolute atomic E-state index is 0.220. The molecule has 0 radical (unpaired) electrons. The third-order valence-electron chi connectivity index (χ3n) is 3.99. The lowest BCUT2D eigenvalue weighted by Gasteiger charge is -2.21. The van der Waals surface area contributed by atoms with E-state index in [2.05, 4.69) is 15.5 Å². The second-order valence-corrected chi connectivity index (χ2v) is 8.50. The van der Waals surface area contributed by atoms with Crippen LogP contribution in [-0.4, -0.2) is 37.0 Å². The first-order valence-electron chi connectivity index (χ1n) is 7.92. The van der Waals surface area contributed by atoms with Crippen molar-refractivity contribution in [2.45, 2.75) is 10.9 Å². The van der Waals surface area contributed by atoms with Gasteiger partial charge in [0.05, 0.1) is 17.1 Å². The van der Waals surface area contributed by atoms with Crippen LogP contribution in [0.3, 0.4) is 0 Å². The first-order chi connectivity index (χ1) is 12.4. The van der Waals surface area contributed by atoms with E-state index in [1.165, 1.54) is 18.4 Å². The predicted molar refractivity (Wildman–Crippen MR) is 103 cm³/mol. The highest BCUT2D eigenvalue weighted by molar-refractivity contribution is 7.89. The predicted octanol–water partition coefficient (Wildman–Crippen LogP) is 3.51. The molecule has 1 unspecified atom stereocenters. The molecule has 1 heterocycles. The fraction of sp³-hybridized carbons (Fsp3) is 0.167. The molecule has 8 heteroatoms. The van der Waals surface area contributed by atoms with E-state index in [0.29, 0.717) is 10.7 Å². The Balaban J connectivity index is 2.00. The second-order valence-electron chi connectivity index (χ2n) is 5.95. The molecule has 0 saturated heterocycles. The zero-order valence-corrected chi connectivity index (χ0v) is 15.9. The molecule has 1 atom stereocenters. The maximum atomic E-state index is 12.4. The Morgan fingerprint density at radius 2 is 1.92 bits per heavy atom. The monoisotopic (exact) mass is 390 g/mol. The van der Waals surface area contributed by atoms with E-state index in [9.17, 15) is 8.42 Å². The van der Waals surface area contributed by atoms with Crippen LogP contribution in [0.25, 0.3) is 0 Å². The van der Waals surface area contributed by atoms with E-state index in [-0.39, 0.29) is 10.9 Å². The molecule has 3 aromatic rings. The van der Waals surface area contributed by atoms with E-state index >= 15 is 0 Å². The van der Waals surface area contributed by atoms with Crippen molar-refractivity contribution in [3.8, 4) is 0 Å². The van der Waals surface area contributed by atoms with E-state index in [1.54, 1.807) is 30.6 Å². The SMILES string of the molecule is CN(C)S(=O)(=O)c1cccc(NC(c2cn[nH]c2)c2ccccc2Cl)c1. The van der Waals surface area contributed by atoms with Crippen molar-refractivity contribution in [1.29, 1.82) is 0 Å². The topological polar surface area (TPSA) is 78.1 Å². The van der Waals surface area contributed by atoms with Gasteiger partial charge in [0.2, 0.25) is 10.0 Å². The zero-order valence-electron chi connectivity index (χ0n) is 14.3. The molecule has 3 rings (SSSR count). The number of hydrogen-bond acceptors (Lipinski definition) is 4. The van der Waals surface area contributed by atoms with Crippen molar-refractivity contribution in [2.75, 3.05) is 19.4 Å². The molecule has 26 heavy (non-hydrogen) atoms. The molecule has 0 amide bonds. The lowest BCUT2D eigenvalue weighted by Crippen LogP contribution is -2.22. The van der Waals surface area contributed by atoms with Crippen LogP contribution in [0.1, 0.15) is 17.2 Å². The van der Waals surface area contributed by atoms with Gasteiger partial charge >= 0.3 is 0 Å². The molecular weight excluding hydrogens is 372 g/mol. The maximum Gasteiger partial charge on any atom is 0.242 e. The molecule has 0 saturated carbocycles. The number of rotatable bonds is 6. The largest absolute Gasteiger partial charge is 0.374 e. The molecule has 0 aliphatic rings. The molecule has 136 valence electrons. The average molecular weight is 391 g/mol. The molecule has 0 bridgehead atoms. The highest BCUT2D eigenvalue weighted by Crippen LogP contribution is 2.31. The van der Waals surface area contributed by atoms with Crippen LogP contribution in [0.4, 0.5) is 5.69 Å². The smallest absolute Gasteiger partial charge is 0.242 e. The number of aromatic amines is 1. The summed E-state index contributed by atoms with van der Waals surface area (Å²) in [5.74, 6) is 0. The van der Waals surface area contributed by atoms with Gasteiger partial charge in [0.25, 0.3) is 0 Å². The summed E-state index contributed by atoms with van der Waals surface area (Å²) in [5.41, 5.74) is 2.43. The Morgan fingerprint density at radius 1 is 1.15 bits per heavy atom. The summed E-state index contributed by atoms with van der Waals surface area (Å²) in [4.78, 5) is 0.220. The molecule has 6 nitrogen and oxygen atoms in total. The summed E-state index contributed by atoms with van der Waals surface area (Å²) in [6.45, 7) is 0. The Hall–Kier alpha value is -2.35. The lowest BCUT2D eigenvalue weighted by molar-refractivity contribution is 0.521. The number of nitrogens with one attached hydrogen (secondary N) is 2. The van der Waals surface area contributed by atoms with E-state index in [1.807, 2.05) is 30.3 Å². The number of anilines is 1. The molecule has 0 aliphatic heterocycles. The fourth-order valence-corrected chi connectivity index (χ4v) is 3.79. The first-order valence-corrected chi connectivity index (χ1v) is 9.73. The summed E-state index contributed by atoms with van der Waals surface area (Å²) in [7, 11) is -0.498. The Bertz CT molecular complexity index is 988. The van der Waals surface area contributed by atoms with Gasteiger partial charge in [-0.2, -0.15) is 5.10 Å². The molecule has 0 aliphatic carbocycles. The molecule has 1 aromatic heterocycles. The number of aromatic nitrogens is 2. The van der Waals surface area contributed by atoms with Crippen molar-refractivity contribution in [3.63, 3.8) is 0 Å². The second kappa shape index (κ2) is 7.49. The number of H-pyrrole nitrogens is 1. The summed E-state index contributed by atoms with van der Waals surface area (Å²) in [5, 5.41) is 10.8. The van der Waals surface area contributed by atoms with Gasteiger partial charge in [-0.3, -0.25) is 5.10 Å². The molecule has 2 aromatic carbocycles. The third-order valence-corrected chi connectivity index (χ3v) is 6.15. The number of benzene rings is 2. The normalized spacial score (nSPS) is 12.9. The van der Waals surface area contributed by atoms with Crippen molar-refractivity contribution in [3.05, 3.63) is 77.1 Å². The van der Waals surface area contributed by atoms with Crippen LogP contribution in [0, 0.1) is 0 Å². The highest BCUT2D eigenvalue weighted by Gasteiger charge is 2.20. The van der Waals surface area contributed by atoms with Gasteiger partial charge < -0.3 is 5.32 Å².